The maximum absolute atomic E-state index is 12.9. The molecule has 2 aromatic heterocycles. The third-order valence-corrected chi connectivity index (χ3v) is 2.45. The molecule has 2 heterocycles. The van der Waals surface area contributed by atoms with Crippen molar-refractivity contribution in [3.05, 3.63) is 34.6 Å². The molecule has 0 aliphatic heterocycles. The smallest absolute Gasteiger partial charge is 0.195 e. The molecule has 0 aromatic carbocycles. The molecule has 5 heteroatoms. The van der Waals surface area contributed by atoms with E-state index >= 15 is 0 Å². The number of imidazole rings is 1. The zero-order valence-electron chi connectivity index (χ0n) is 7.29. The van der Waals surface area contributed by atoms with Gasteiger partial charge in [0.05, 0.1) is 5.52 Å². The molecule has 0 spiro atoms. The van der Waals surface area contributed by atoms with Gasteiger partial charge in [0, 0.05) is 13.1 Å². The summed E-state index contributed by atoms with van der Waals surface area (Å²) in [6.07, 6.45) is 1.24. The summed E-state index contributed by atoms with van der Waals surface area (Å²) >= 11 is 3.20. The van der Waals surface area contributed by atoms with E-state index in [4.69, 9.17) is 0 Å². The van der Waals surface area contributed by atoms with Gasteiger partial charge in [-0.3, -0.25) is 9.20 Å². The third kappa shape index (κ3) is 1.33. The molecule has 14 heavy (non-hydrogen) atoms. The van der Waals surface area contributed by atoms with E-state index in [0.29, 0.717) is 10.1 Å². The van der Waals surface area contributed by atoms with Crippen molar-refractivity contribution in [1.29, 1.82) is 0 Å². The van der Waals surface area contributed by atoms with E-state index in [-0.39, 0.29) is 11.6 Å². The summed E-state index contributed by atoms with van der Waals surface area (Å²) in [6.45, 7) is 1.39. The standard InChI is InChI=1S/C9H6BrFN2O/c1-5(14)9-12-8(10)7-3-2-6(11)4-13(7)9/h2-4H,1H3. The van der Waals surface area contributed by atoms with E-state index in [2.05, 4.69) is 20.9 Å². The minimum absolute atomic E-state index is 0.198. The highest BCUT2D eigenvalue weighted by molar-refractivity contribution is 9.10. The Balaban J connectivity index is 2.85. The van der Waals surface area contributed by atoms with Gasteiger partial charge in [0.1, 0.15) is 10.4 Å². The molecule has 0 fully saturated rings. The number of carbonyl (C=O) groups excluding carboxylic acids is 1. The molecule has 0 aliphatic rings. The van der Waals surface area contributed by atoms with Gasteiger partial charge in [-0.25, -0.2) is 9.37 Å². The third-order valence-electron chi connectivity index (χ3n) is 1.87. The van der Waals surface area contributed by atoms with Crippen LogP contribution in [0.15, 0.2) is 22.9 Å². The van der Waals surface area contributed by atoms with Crippen LogP contribution in [0.3, 0.4) is 0 Å². The highest BCUT2D eigenvalue weighted by Gasteiger charge is 2.12. The van der Waals surface area contributed by atoms with Crippen LogP contribution in [0.4, 0.5) is 4.39 Å². The molecule has 0 amide bonds. The lowest BCUT2D eigenvalue weighted by Gasteiger charge is -1.96. The van der Waals surface area contributed by atoms with Crippen molar-refractivity contribution in [1.82, 2.24) is 9.38 Å². The minimum atomic E-state index is -0.398. The van der Waals surface area contributed by atoms with Crippen LogP contribution >= 0.6 is 15.9 Å². The zero-order valence-corrected chi connectivity index (χ0v) is 8.88. The number of nitrogens with zero attached hydrogens (tertiary/aromatic N) is 2. The molecule has 0 atom stereocenters. The van der Waals surface area contributed by atoms with E-state index in [0.717, 1.165) is 0 Å². The maximum atomic E-state index is 12.9. The van der Waals surface area contributed by atoms with E-state index < -0.39 is 5.82 Å². The second-order valence-electron chi connectivity index (χ2n) is 2.88. The van der Waals surface area contributed by atoms with Crippen molar-refractivity contribution in [2.24, 2.45) is 0 Å². The Bertz CT molecular complexity index is 521. The van der Waals surface area contributed by atoms with Crippen LogP contribution in [0, 0.1) is 5.82 Å². The van der Waals surface area contributed by atoms with Crippen LogP contribution in [-0.4, -0.2) is 15.2 Å². The van der Waals surface area contributed by atoms with Gasteiger partial charge in [-0.2, -0.15) is 0 Å². The number of hydrogen-bond donors (Lipinski definition) is 0. The number of carbonyl (C=O) groups is 1. The van der Waals surface area contributed by atoms with Crippen LogP contribution in [0.1, 0.15) is 17.5 Å². The molecule has 0 N–H and O–H groups in total. The molecule has 2 aromatic rings. The summed E-state index contributed by atoms with van der Waals surface area (Å²) in [4.78, 5) is 15.2. The van der Waals surface area contributed by atoms with Crippen LogP contribution < -0.4 is 0 Å². The highest BCUT2D eigenvalue weighted by Crippen LogP contribution is 2.19. The number of Topliss-reactive ketones (excluding diaryl/α,β-unsaturated/α-hetero) is 1. The van der Waals surface area contributed by atoms with Gasteiger partial charge in [0.2, 0.25) is 0 Å². The maximum Gasteiger partial charge on any atom is 0.195 e. The molecule has 0 unspecified atom stereocenters. The lowest BCUT2D eigenvalue weighted by molar-refractivity contribution is 0.100. The van der Waals surface area contributed by atoms with Gasteiger partial charge < -0.3 is 0 Å². The number of pyridine rings is 1. The van der Waals surface area contributed by atoms with Gasteiger partial charge in [-0.15, -0.1) is 0 Å². The average molecular weight is 257 g/mol. The molecule has 0 bridgehead atoms. The Morgan fingerprint density at radius 3 is 2.93 bits per heavy atom. The van der Waals surface area contributed by atoms with Gasteiger partial charge >= 0.3 is 0 Å². The second-order valence-corrected chi connectivity index (χ2v) is 3.64. The summed E-state index contributed by atoms with van der Waals surface area (Å²) in [5.74, 6) is -0.368. The average Bonchev–Trinajstić information content (AvgIpc) is 2.43. The SMILES string of the molecule is CC(=O)c1nc(Br)c2ccc(F)cn12. The normalized spacial score (nSPS) is 10.8. The number of rotatable bonds is 1. The molecule has 2 rings (SSSR count). The van der Waals surface area contributed by atoms with E-state index in [1.807, 2.05) is 0 Å². The Morgan fingerprint density at radius 2 is 2.29 bits per heavy atom. The number of fused-ring (bicyclic) bond motifs is 1. The van der Waals surface area contributed by atoms with Crippen LogP contribution in [0.2, 0.25) is 0 Å². The molecule has 0 saturated carbocycles. The van der Waals surface area contributed by atoms with Gasteiger partial charge in [-0.1, -0.05) is 0 Å². The zero-order chi connectivity index (χ0) is 10.3. The lowest BCUT2D eigenvalue weighted by Crippen LogP contribution is -2.00. The summed E-state index contributed by atoms with van der Waals surface area (Å²) < 4.78 is 14.9. The highest BCUT2D eigenvalue weighted by atomic mass is 79.9. The topological polar surface area (TPSA) is 34.4 Å². The van der Waals surface area contributed by atoms with Crippen molar-refractivity contribution < 1.29 is 9.18 Å². The predicted molar refractivity (Wildman–Crippen MR) is 52.9 cm³/mol. The van der Waals surface area contributed by atoms with E-state index in [9.17, 15) is 9.18 Å². The molecule has 0 saturated heterocycles. The predicted octanol–water partition coefficient (Wildman–Crippen LogP) is 2.44. The largest absolute Gasteiger partial charge is 0.293 e. The fourth-order valence-electron chi connectivity index (χ4n) is 1.27. The van der Waals surface area contributed by atoms with Crippen LogP contribution in [0.25, 0.3) is 5.52 Å². The molecular formula is C9H6BrFN2O. The van der Waals surface area contributed by atoms with Crippen molar-refractivity contribution in [2.45, 2.75) is 6.92 Å². The number of hydrogen-bond acceptors (Lipinski definition) is 2. The van der Waals surface area contributed by atoms with Crippen molar-refractivity contribution in [2.75, 3.05) is 0 Å². The number of ketones is 1. The van der Waals surface area contributed by atoms with E-state index in [1.54, 1.807) is 6.07 Å². The van der Waals surface area contributed by atoms with Gasteiger partial charge in [-0.05, 0) is 28.1 Å². The Labute approximate surface area is 87.7 Å². The number of aromatic nitrogens is 2. The minimum Gasteiger partial charge on any atom is -0.293 e. The molecule has 3 nitrogen and oxygen atoms in total. The van der Waals surface area contributed by atoms with Crippen LogP contribution in [0.5, 0.6) is 0 Å². The van der Waals surface area contributed by atoms with Gasteiger partial charge in [0.25, 0.3) is 0 Å². The van der Waals surface area contributed by atoms with Crippen molar-refractivity contribution in [3.8, 4) is 0 Å². The Kier molecular flexibility index (Phi) is 2.11. The monoisotopic (exact) mass is 256 g/mol. The number of halogens is 2. The van der Waals surface area contributed by atoms with E-state index in [1.165, 1.54) is 23.6 Å². The van der Waals surface area contributed by atoms with Crippen LogP contribution in [-0.2, 0) is 0 Å². The fourth-order valence-corrected chi connectivity index (χ4v) is 1.76. The summed E-state index contributed by atoms with van der Waals surface area (Å²) in [5, 5.41) is 0. The first-order valence-electron chi connectivity index (χ1n) is 3.93. The van der Waals surface area contributed by atoms with Crippen molar-refractivity contribution in [3.63, 3.8) is 0 Å². The quantitative estimate of drug-likeness (QED) is 0.735. The second kappa shape index (κ2) is 3.16. The molecule has 0 radical (unpaired) electrons. The molecule has 0 aliphatic carbocycles. The molecule has 72 valence electrons. The first-order valence-corrected chi connectivity index (χ1v) is 4.73. The first-order chi connectivity index (χ1) is 6.59. The Hall–Kier alpha value is -1.23. The van der Waals surface area contributed by atoms with Gasteiger partial charge in [0.15, 0.2) is 11.6 Å². The summed E-state index contributed by atoms with van der Waals surface area (Å²) in [7, 11) is 0. The summed E-state index contributed by atoms with van der Waals surface area (Å²) in [5.41, 5.74) is 0.677. The molecular weight excluding hydrogens is 251 g/mol. The Morgan fingerprint density at radius 1 is 1.57 bits per heavy atom. The lowest BCUT2D eigenvalue weighted by atomic mass is 10.4. The summed E-state index contributed by atoms with van der Waals surface area (Å²) in [6, 6.07) is 2.89. The van der Waals surface area contributed by atoms with Crippen molar-refractivity contribution >= 4 is 27.2 Å². The first kappa shape index (κ1) is 9.33. The fraction of sp³-hybridized carbons (Fsp3) is 0.111.